The average Bonchev–Trinajstić information content (AvgIpc) is 3.35. The minimum absolute atomic E-state index is 0.117. The SMILES string of the molecule is O=c1[nH]c2cc(Cl)c(S(=O)(=O)Nc3ccc(-c4cccc(N5CCCC5)c4)c(Cl)c3)cc2[nH]c1=O. The molecule has 1 fully saturated rings. The first kappa shape index (κ1) is 23.5. The summed E-state index contributed by atoms with van der Waals surface area (Å²) >= 11 is 12.7. The number of nitrogens with zero attached hydrogens (tertiary/aromatic N) is 1. The summed E-state index contributed by atoms with van der Waals surface area (Å²) in [5.41, 5.74) is 1.68. The fourth-order valence-electron chi connectivity index (χ4n) is 4.19. The molecule has 8 nitrogen and oxygen atoms in total. The molecule has 11 heteroatoms. The Balaban J connectivity index is 1.45. The molecule has 0 bridgehead atoms. The van der Waals surface area contributed by atoms with Gasteiger partial charge in [-0.1, -0.05) is 41.4 Å². The molecule has 3 N–H and O–H groups in total. The second kappa shape index (κ2) is 9.07. The Labute approximate surface area is 210 Å². The number of benzene rings is 3. The number of fused-ring (bicyclic) bond motifs is 1. The zero-order chi connectivity index (χ0) is 24.7. The van der Waals surface area contributed by atoms with Crippen molar-refractivity contribution in [3.05, 3.63) is 85.4 Å². The van der Waals surface area contributed by atoms with Gasteiger partial charge in [-0.15, -0.1) is 0 Å². The Kier molecular flexibility index (Phi) is 6.08. The van der Waals surface area contributed by atoms with Crippen LogP contribution in [0.5, 0.6) is 0 Å². The maximum Gasteiger partial charge on any atom is 0.314 e. The minimum Gasteiger partial charge on any atom is -0.372 e. The van der Waals surface area contributed by atoms with Crippen molar-refractivity contribution >= 4 is 55.6 Å². The number of aromatic nitrogens is 2. The Morgan fingerprint density at radius 1 is 0.829 bits per heavy atom. The molecule has 5 rings (SSSR count). The van der Waals surface area contributed by atoms with Crippen molar-refractivity contribution in [3.63, 3.8) is 0 Å². The highest BCUT2D eigenvalue weighted by Gasteiger charge is 2.21. The molecule has 0 aliphatic carbocycles. The van der Waals surface area contributed by atoms with E-state index in [9.17, 15) is 18.0 Å². The van der Waals surface area contributed by atoms with Crippen LogP contribution in [0.4, 0.5) is 11.4 Å². The van der Waals surface area contributed by atoms with Gasteiger partial charge in [0.1, 0.15) is 4.90 Å². The van der Waals surface area contributed by atoms with Gasteiger partial charge in [0, 0.05) is 24.3 Å². The molecule has 0 atom stereocenters. The number of hydrogen-bond acceptors (Lipinski definition) is 5. The minimum atomic E-state index is -4.13. The second-order valence-corrected chi connectivity index (χ2v) is 10.7. The molecule has 180 valence electrons. The van der Waals surface area contributed by atoms with E-state index in [0.717, 1.165) is 29.9 Å². The molecule has 0 unspecified atom stereocenters. The first-order chi connectivity index (χ1) is 16.7. The van der Waals surface area contributed by atoms with Crippen molar-refractivity contribution in [2.24, 2.45) is 0 Å². The van der Waals surface area contributed by atoms with Crippen molar-refractivity contribution in [2.75, 3.05) is 22.7 Å². The molecule has 1 aliphatic rings. The van der Waals surface area contributed by atoms with Crippen LogP contribution in [0, 0.1) is 0 Å². The number of anilines is 2. The first-order valence-corrected chi connectivity index (χ1v) is 13.1. The van der Waals surface area contributed by atoms with Crippen LogP contribution in [0.25, 0.3) is 22.2 Å². The normalized spacial score (nSPS) is 13.9. The summed E-state index contributed by atoms with van der Waals surface area (Å²) in [6.45, 7) is 2.05. The summed E-state index contributed by atoms with van der Waals surface area (Å²) in [6, 6.07) is 15.5. The van der Waals surface area contributed by atoms with Gasteiger partial charge < -0.3 is 14.9 Å². The maximum absolute atomic E-state index is 13.1. The van der Waals surface area contributed by atoms with Gasteiger partial charge >= 0.3 is 11.1 Å². The predicted octanol–water partition coefficient (Wildman–Crippen LogP) is 4.59. The van der Waals surface area contributed by atoms with E-state index in [1.807, 2.05) is 12.1 Å². The van der Waals surface area contributed by atoms with Gasteiger partial charge in [0.15, 0.2) is 0 Å². The summed E-state index contributed by atoms with van der Waals surface area (Å²) < 4.78 is 28.6. The number of hydrogen-bond donors (Lipinski definition) is 3. The molecule has 1 aliphatic heterocycles. The van der Waals surface area contributed by atoms with E-state index in [1.54, 1.807) is 12.1 Å². The van der Waals surface area contributed by atoms with E-state index in [-0.39, 0.29) is 26.6 Å². The second-order valence-electron chi connectivity index (χ2n) is 8.28. The highest BCUT2D eigenvalue weighted by Crippen LogP contribution is 2.34. The quantitative estimate of drug-likeness (QED) is 0.326. The van der Waals surface area contributed by atoms with Gasteiger partial charge in [0.05, 0.1) is 26.8 Å². The Hall–Kier alpha value is -3.27. The summed E-state index contributed by atoms with van der Waals surface area (Å²) in [5, 5.41) is 0.268. The van der Waals surface area contributed by atoms with E-state index in [2.05, 4.69) is 31.7 Å². The van der Waals surface area contributed by atoms with Gasteiger partial charge in [0.25, 0.3) is 10.0 Å². The van der Waals surface area contributed by atoms with Crippen molar-refractivity contribution in [3.8, 4) is 11.1 Å². The van der Waals surface area contributed by atoms with Crippen molar-refractivity contribution in [1.29, 1.82) is 0 Å². The molecule has 0 radical (unpaired) electrons. The van der Waals surface area contributed by atoms with Gasteiger partial charge in [-0.2, -0.15) is 0 Å². The van der Waals surface area contributed by atoms with Crippen molar-refractivity contribution in [1.82, 2.24) is 9.97 Å². The highest BCUT2D eigenvalue weighted by atomic mass is 35.5. The monoisotopic (exact) mass is 530 g/mol. The number of nitrogens with one attached hydrogen (secondary N) is 3. The molecule has 4 aromatic rings. The van der Waals surface area contributed by atoms with Crippen molar-refractivity contribution < 1.29 is 8.42 Å². The Morgan fingerprint density at radius 2 is 1.51 bits per heavy atom. The summed E-state index contributed by atoms with van der Waals surface area (Å²) in [4.78, 5) is 29.9. The number of rotatable bonds is 5. The smallest absolute Gasteiger partial charge is 0.314 e. The van der Waals surface area contributed by atoms with Gasteiger partial charge in [-0.25, -0.2) is 8.42 Å². The largest absolute Gasteiger partial charge is 0.372 e. The Bertz CT molecular complexity index is 1680. The van der Waals surface area contributed by atoms with Crippen molar-refractivity contribution in [2.45, 2.75) is 17.7 Å². The van der Waals surface area contributed by atoms with Crippen LogP contribution in [0.15, 0.2) is 69.1 Å². The van der Waals surface area contributed by atoms with Crippen LogP contribution in [0.1, 0.15) is 12.8 Å². The lowest BCUT2D eigenvalue weighted by Gasteiger charge is -2.19. The molecule has 0 saturated carbocycles. The topological polar surface area (TPSA) is 115 Å². The van der Waals surface area contributed by atoms with E-state index < -0.39 is 21.1 Å². The number of aromatic amines is 2. The summed E-state index contributed by atoms with van der Waals surface area (Å²) in [6.07, 6.45) is 2.35. The number of halogens is 2. The lowest BCUT2D eigenvalue weighted by atomic mass is 10.0. The van der Waals surface area contributed by atoms with Gasteiger partial charge in [0.2, 0.25) is 0 Å². The summed E-state index contributed by atoms with van der Waals surface area (Å²) in [5.74, 6) is 0. The third kappa shape index (κ3) is 4.67. The molecule has 0 amide bonds. The molecular weight excluding hydrogens is 511 g/mol. The number of sulfonamides is 1. The maximum atomic E-state index is 13.1. The van der Waals surface area contributed by atoms with Crippen LogP contribution < -0.4 is 20.7 Å². The molecule has 35 heavy (non-hydrogen) atoms. The molecule has 1 saturated heterocycles. The first-order valence-electron chi connectivity index (χ1n) is 10.8. The number of H-pyrrole nitrogens is 2. The fourth-order valence-corrected chi connectivity index (χ4v) is 6.09. The third-order valence-corrected chi connectivity index (χ3v) is 8.07. The predicted molar refractivity (Wildman–Crippen MR) is 139 cm³/mol. The molecule has 3 aromatic carbocycles. The molecule has 2 heterocycles. The van der Waals surface area contributed by atoms with Crippen LogP contribution in [-0.4, -0.2) is 31.5 Å². The van der Waals surface area contributed by atoms with Crippen LogP contribution >= 0.6 is 23.2 Å². The third-order valence-electron chi connectivity index (χ3n) is 5.91. The Morgan fingerprint density at radius 3 is 2.20 bits per heavy atom. The van der Waals surface area contributed by atoms with E-state index in [4.69, 9.17) is 23.2 Å². The molecule has 0 spiro atoms. The van der Waals surface area contributed by atoms with E-state index in [0.29, 0.717) is 5.02 Å². The lowest BCUT2D eigenvalue weighted by Crippen LogP contribution is -2.29. The lowest BCUT2D eigenvalue weighted by molar-refractivity contribution is 0.601. The highest BCUT2D eigenvalue weighted by molar-refractivity contribution is 7.92. The van der Waals surface area contributed by atoms with Gasteiger partial charge in [-0.05, 0) is 54.8 Å². The van der Waals surface area contributed by atoms with Crippen LogP contribution in [0.2, 0.25) is 10.0 Å². The van der Waals surface area contributed by atoms with E-state index in [1.165, 1.54) is 31.0 Å². The zero-order valence-electron chi connectivity index (χ0n) is 18.3. The van der Waals surface area contributed by atoms with Crippen LogP contribution in [-0.2, 0) is 10.0 Å². The van der Waals surface area contributed by atoms with Gasteiger partial charge in [-0.3, -0.25) is 14.3 Å². The summed E-state index contributed by atoms with van der Waals surface area (Å²) in [7, 11) is -4.13. The fraction of sp³-hybridized carbons (Fsp3) is 0.167. The van der Waals surface area contributed by atoms with E-state index >= 15 is 0 Å². The average molecular weight is 531 g/mol. The standard InChI is InChI=1S/C24H20Cl2N4O4S/c25-18-11-15(6-7-17(18)14-4-3-5-16(10-14)30-8-1-2-9-30)29-35(33,34)22-13-21-20(12-19(22)26)27-23(31)24(32)28-21/h3-7,10-13,29H,1-2,8-9H2,(H,27,31)(H,28,32). The molecular formula is C24H20Cl2N4O4S. The zero-order valence-corrected chi connectivity index (χ0v) is 20.6. The molecule has 1 aromatic heterocycles. The van der Waals surface area contributed by atoms with Crippen LogP contribution in [0.3, 0.4) is 0 Å².